The zero-order valence-corrected chi connectivity index (χ0v) is 9.80. The third-order valence-corrected chi connectivity index (χ3v) is 2.64. The van der Waals surface area contributed by atoms with E-state index in [4.69, 9.17) is 10.8 Å². The van der Waals surface area contributed by atoms with E-state index in [2.05, 4.69) is 0 Å². The van der Waals surface area contributed by atoms with E-state index >= 15 is 0 Å². The van der Waals surface area contributed by atoms with E-state index in [1.165, 1.54) is 6.92 Å². The number of aliphatic carboxylic acids is 1. The highest BCUT2D eigenvalue weighted by Crippen LogP contribution is 2.08. The number of benzene rings is 1. The van der Waals surface area contributed by atoms with Crippen LogP contribution in [-0.4, -0.2) is 22.9 Å². The topological polar surface area (TPSA) is 80.4 Å². The summed E-state index contributed by atoms with van der Waals surface area (Å²) in [4.78, 5) is 22.3. The van der Waals surface area contributed by atoms with Gasteiger partial charge in [0.05, 0.1) is 12.0 Å². The van der Waals surface area contributed by atoms with Crippen LogP contribution in [0.1, 0.15) is 18.9 Å². The summed E-state index contributed by atoms with van der Waals surface area (Å²) in [6, 6.07) is 8.82. The Balaban J connectivity index is 2.50. The highest BCUT2D eigenvalue weighted by molar-refractivity contribution is 5.87. The molecule has 0 amide bonds. The molecule has 0 saturated carbocycles. The summed E-state index contributed by atoms with van der Waals surface area (Å²) in [5.74, 6) is -1.85. The van der Waals surface area contributed by atoms with Crippen LogP contribution in [0.25, 0.3) is 0 Å². The first-order chi connectivity index (χ1) is 8.00. The first kappa shape index (κ1) is 13.4. The molecule has 0 fully saturated rings. The van der Waals surface area contributed by atoms with E-state index < -0.39 is 17.9 Å². The second-order valence-electron chi connectivity index (χ2n) is 4.21. The Morgan fingerprint density at radius 3 is 2.41 bits per heavy atom. The van der Waals surface area contributed by atoms with E-state index in [0.29, 0.717) is 6.42 Å². The third-order valence-electron chi connectivity index (χ3n) is 2.64. The summed E-state index contributed by atoms with van der Waals surface area (Å²) in [6.45, 7) is 1.51. The molecule has 92 valence electrons. The van der Waals surface area contributed by atoms with E-state index in [1.807, 2.05) is 30.3 Å². The van der Waals surface area contributed by atoms with Gasteiger partial charge < -0.3 is 10.8 Å². The van der Waals surface area contributed by atoms with Crippen molar-refractivity contribution >= 4 is 11.8 Å². The third kappa shape index (κ3) is 4.36. The SMILES string of the molecule is C[C@H](CC(=O)[C@@H](N)Cc1ccccc1)C(=O)O. The molecule has 3 N–H and O–H groups in total. The molecule has 0 heterocycles. The van der Waals surface area contributed by atoms with Crippen LogP contribution in [0.5, 0.6) is 0 Å². The average Bonchev–Trinajstić information content (AvgIpc) is 2.29. The van der Waals surface area contributed by atoms with Gasteiger partial charge in [-0.1, -0.05) is 37.3 Å². The van der Waals surface area contributed by atoms with Crippen molar-refractivity contribution < 1.29 is 14.7 Å². The monoisotopic (exact) mass is 235 g/mol. The Labute approximate surface area is 100 Å². The number of carboxylic acids is 1. The van der Waals surface area contributed by atoms with Gasteiger partial charge in [-0.2, -0.15) is 0 Å². The van der Waals surface area contributed by atoms with Gasteiger partial charge in [-0.3, -0.25) is 9.59 Å². The van der Waals surface area contributed by atoms with Crippen molar-refractivity contribution in [2.45, 2.75) is 25.8 Å². The molecular weight excluding hydrogens is 218 g/mol. The number of ketones is 1. The van der Waals surface area contributed by atoms with Crippen molar-refractivity contribution in [2.75, 3.05) is 0 Å². The maximum Gasteiger partial charge on any atom is 0.306 e. The van der Waals surface area contributed by atoms with Crippen molar-refractivity contribution in [3.8, 4) is 0 Å². The van der Waals surface area contributed by atoms with Gasteiger partial charge in [-0.25, -0.2) is 0 Å². The summed E-state index contributed by atoms with van der Waals surface area (Å²) < 4.78 is 0. The number of carbonyl (C=O) groups excluding carboxylic acids is 1. The first-order valence-corrected chi connectivity index (χ1v) is 5.55. The molecule has 0 aliphatic rings. The van der Waals surface area contributed by atoms with Crippen LogP contribution in [0, 0.1) is 5.92 Å². The lowest BCUT2D eigenvalue weighted by molar-refractivity contribution is -0.143. The van der Waals surface area contributed by atoms with E-state index in [1.54, 1.807) is 0 Å². The van der Waals surface area contributed by atoms with E-state index in [0.717, 1.165) is 5.56 Å². The largest absolute Gasteiger partial charge is 0.481 e. The Kier molecular flexibility index (Phi) is 4.84. The second-order valence-corrected chi connectivity index (χ2v) is 4.21. The minimum atomic E-state index is -0.967. The fourth-order valence-electron chi connectivity index (χ4n) is 1.52. The molecule has 0 aliphatic carbocycles. The molecule has 4 heteroatoms. The fraction of sp³-hybridized carbons (Fsp3) is 0.385. The lowest BCUT2D eigenvalue weighted by atomic mass is 9.96. The number of hydrogen-bond donors (Lipinski definition) is 2. The fourth-order valence-corrected chi connectivity index (χ4v) is 1.52. The van der Waals surface area contributed by atoms with Crippen molar-refractivity contribution in [1.82, 2.24) is 0 Å². The van der Waals surface area contributed by atoms with Crippen LogP contribution < -0.4 is 5.73 Å². The van der Waals surface area contributed by atoms with Crippen LogP contribution in [0.2, 0.25) is 0 Å². The lowest BCUT2D eigenvalue weighted by Crippen LogP contribution is -2.34. The van der Waals surface area contributed by atoms with Gasteiger partial charge in [0.2, 0.25) is 0 Å². The van der Waals surface area contributed by atoms with Gasteiger partial charge in [0.25, 0.3) is 0 Å². The van der Waals surface area contributed by atoms with Crippen LogP contribution in [0.15, 0.2) is 30.3 Å². The van der Waals surface area contributed by atoms with Crippen LogP contribution >= 0.6 is 0 Å². The summed E-state index contributed by atoms with van der Waals surface area (Å²) in [5, 5.41) is 8.71. The second kappa shape index (κ2) is 6.15. The van der Waals surface area contributed by atoms with Crippen LogP contribution in [0.4, 0.5) is 0 Å². The number of carbonyl (C=O) groups is 2. The number of hydrogen-bond acceptors (Lipinski definition) is 3. The summed E-state index contributed by atoms with van der Waals surface area (Å²) >= 11 is 0. The zero-order chi connectivity index (χ0) is 12.8. The van der Waals surface area contributed by atoms with Crippen molar-refractivity contribution in [1.29, 1.82) is 0 Å². The normalized spacial score (nSPS) is 14.0. The molecule has 0 unspecified atom stereocenters. The summed E-state index contributed by atoms with van der Waals surface area (Å²) in [6.07, 6.45) is 0.440. The van der Waals surface area contributed by atoms with Gasteiger partial charge in [0, 0.05) is 6.42 Å². The highest BCUT2D eigenvalue weighted by Gasteiger charge is 2.20. The molecule has 0 aromatic heterocycles. The minimum Gasteiger partial charge on any atom is -0.481 e. The maximum absolute atomic E-state index is 11.7. The Morgan fingerprint density at radius 2 is 1.88 bits per heavy atom. The zero-order valence-electron chi connectivity index (χ0n) is 9.80. The van der Waals surface area contributed by atoms with Crippen molar-refractivity contribution in [3.05, 3.63) is 35.9 Å². The Morgan fingerprint density at radius 1 is 1.29 bits per heavy atom. The molecule has 0 saturated heterocycles. The molecule has 1 rings (SSSR count). The first-order valence-electron chi connectivity index (χ1n) is 5.55. The van der Waals surface area contributed by atoms with Gasteiger partial charge in [0.1, 0.15) is 0 Å². The maximum atomic E-state index is 11.7. The molecule has 0 spiro atoms. The molecule has 0 bridgehead atoms. The minimum absolute atomic E-state index is 0.0106. The van der Waals surface area contributed by atoms with Crippen LogP contribution in [0.3, 0.4) is 0 Å². The molecular formula is C13H17NO3. The smallest absolute Gasteiger partial charge is 0.306 e. The molecule has 17 heavy (non-hydrogen) atoms. The van der Waals surface area contributed by atoms with E-state index in [-0.39, 0.29) is 12.2 Å². The molecule has 0 aliphatic heterocycles. The van der Waals surface area contributed by atoms with Gasteiger partial charge in [0.15, 0.2) is 5.78 Å². The van der Waals surface area contributed by atoms with Gasteiger partial charge in [-0.05, 0) is 12.0 Å². The number of Topliss-reactive ketones (excluding diaryl/α,β-unsaturated/α-hetero) is 1. The lowest BCUT2D eigenvalue weighted by Gasteiger charge is -2.12. The Hall–Kier alpha value is -1.68. The number of carboxylic acid groups (broad SMARTS) is 1. The van der Waals surface area contributed by atoms with Gasteiger partial charge in [-0.15, -0.1) is 0 Å². The predicted octanol–water partition coefficient (Wildman–Crippen LogP) is 1.24. The standard InChI is InChI=1S/C13H17NO3/c1-9(13(16)17)7-12(15)11(14)8-10-5-3-2-4-6-10/h2-6,9,11H,7-8,14H2,1H3,(H,16,17)/t9-,11+/m1/s1. The van der Waals surface area contributed by atoms with Gasteiger partial charge >= 0.3 is 5.97 Å². The van der Waals surface area contributed by atoms with Crippen LogP contribution in [-0.2, 0) is 16.0 Å². The number of rotatable bonds is 6. The number of nitrogens with two attached hydrogens (primary N) is 1. The average molecular weight is 235 g/mol. The molecule has 4 nitrogen and oxygen atoms in total. The quantitative estimate of drug-likeness (QED) is 0.777. The highest BCUT2D eigenvalue weighted by atomic mass is 16.4. The van der Waals surface area contributed by atoms with E-state index in [9.17, 15) is 9.59 Å². The summed E-state index contributed by atoms with van der Waals surface area (Å²) in [5.41, 5.74) is 6.74. The molecule has 0 radical (unpaired) electrons. The molecule has 1 aromatic carbocycles. The van der Waals surface area contributed by atoms with Crippen molar-refractivity contribution in [2.24, 2.45) is 11.7 Å². The Bertz CT molecular complexity index is 389. The summed E-state index contributed by atoms with van der Waals surface area (Å²) in [7, 11) is 0. The van der Waals surface area contributed by atoms with Crippen molar-refractivity contribution in [3.63, 3.8) is 0 Å². The predicted molar refractivity (Wildman–Crippen MR) is 64.5 cm³/mol. The molecule has 2 atom stereocenters. The molecule has 1 aromatic rings.